The fourth-order valence-corrected chi connectivity index (χ4v) is 4.28. The molecule has 0 spiro atoms. The summed E-state index contributed by atoms with van der Waals surface area (Å²) in [6, 6.07) is 1.52. The number of piperidine rings is 2. The largest absolute Gasteiger partial charge is 0.353 e. The normalized spacial score (nSPS) is 34.5. The summed E-state index contributed by atoms with van der Waals surface area (Å²) in [6.45, 7) is 3.46. The van der Waals surface area contributed by atoms with Crippen LogP contribution in [0.25, 0.3) is 0 Å². The third-order valence-electron chi connectivity index (χ3n) is 5.43. The second kappa shape index (κ2) is 6.99. The van der Waals surface area contributed by atoms with Gasteiger partial charge in [-0.1, -0.05) is 6.92 Å². The molecule has 0 saturated carbocycles. The summed E-state index contributed by atoms with van der Waals surface area (Å²) in [5.41, 5.74) is 0. The summed E-state index contributed by atoms with van der Waals surface area (Å²) < 4.78 is 0. The van der Waals surface area contributed by atoms with E-state index in [-0.39, 0.29) is 17.7 Å². The lowest BCUT2D eigenvalue weighted by Gasteiger charge is -2.34. The third-order valence-corrected chi connectivity index (χ3v) is 5.43. The van der Waals surface area contributed by atoms with Crippen LogP contribution in [0.15, 0.2) is 0 Å². The Labute approximate surface area is 133 Å². The maximum Gasteiger partial charge on any atom is 0.225 e. The van der Waals surface area contributed by atoms with Crippen molar-refractivity contribution in [1.82, 2.24) is 15.5 Å². The lowest BCUT2D eigenvalue weighted by molar-refractivity contribution is -0.136. The molecule has 0 aromatic heterocycles. The topological polar surface area (TPSA) is 61.4 Å². The van der Waals surface area contributed by atoms with Gasteiger partial charge >= 0.3 is 0 Å². The van der Waals surface area contributed by atoms with Gasteiger partial charge in [-0.2, -0.15) is 0 Å². The molecule has 0 aromatic rings. The summed E-state index contributed by atoms with van der Waals surface area (Å²) in [5, 5.41) is 6.87. The Kier molecular flexibility index (Phi) is 5.01. The van der Waals surface area contributed by atoms with Crippen molar-refractivity contribution in [2.45, 2.75) is 76.4 Å². The molecule has 3 aliphatic rings. The van der Waals surface area contributed by atoms with Crippen molar-refractivity contribution in [3.8, 4) is 0 Å². The number of hydrogen-bond donors (Lipinski definition) is 2. The molecule has 3 aliphatic heterocycles. The van der Waals surface area contributed by atoms with Crippen LogP contribution in [0.4, 0.5) is 0 Å². The summed E-state index contributed by atoms with van der Waals surface area (Å²) in [7, 11) is 0. The predicted molar refractivity (Wildman–Crippen MR) is 85.3 cm³/mol. The van der Waals surface area contributed by atoms with Crippen LogP contribution in [0.5, 0.6) is 0 Å². The molecule has 124 valence electrons. The highest BCUT2D eigenvalue weighted by molar-refractivity contribution is 5.81. The third kappa shape index (κ3) is 3.62. The summed E-state index contributed by atoms with van der Waals surface area (Å²) >= 11 is 0. The van der Waals surface area contributed by atoms with Crippen molar-refractivity contribution in [2.75, 3.05) is 13.1 Å². The van der Waals surface area contributed by atoms with Crippen LogP contribution >= 0.6 is 0 Å². The van der Waals surface area contributed by atoms with Crippen molar-refractivity contribution in [3.63, 3.8) is 0 Å². The number of nitrogens with one attached hydrogen (secondary N) is 2. The zero-order valence-corrected chi connectivity index (χ0v) is 13.6. The van der Waals surface area contributed by atoms with E-state index in [0.717, 1.165) is 38.6 Å². The highest BCUT2D eigenvalue weighted by Crippen LogP contribution is 2.27. The Bertz CT molecular complexity index is 414. The second-order valence-electron chi connectivity index (χ2n) is 7.24. The molecular formula is C17H29N3O2. The molecule has 0 aliphatic carbocycles. The van der Waals surface area contributed by atoms with E-state index in [0.29, 0.717) is 31.1 Å². The van der Waals surface area contributed by atoms with E-state index in [1.165, 1.54) is 12.8 Å². The Morgan fingerprint density at radius 1 is 1.18 bits per heavy atom. The van der Waals surface area contributed by atoms with Gasteiger partial charge in [0.1, 0.15) is 0 Å². The minimum Gasteiger partial charge on any atom is -0.353 e. The molecule has 3 fully saturated rings. The Morgan fingerprint density at radius 3 is 2.59 bits per heavy atom. The van der Waals surface area contributed by atoms with Gasteiger partial charge in [0.2, 0.25) is 11.8 Å². The van der Waals surface area contributed by atoms with Crippen molar-refractivity contribution in [1.29, 1.82) is 0 Å². The molecule has 3 unspecified atom stereocenters. The van der Waals surface area contributed by atoms with Crippen LogP contribution in [0.1, 0.15) is 58.3 Å². The molecule has 2 bridgehead atoms. The van der Waals surface area contributed by atoms with E-state index < -0.39 is 0 Å². The highest BCUT2D eigenvalue weighted by Gasteiger charge is 2.35. The first kappa shape index (κ1) is 15.8. The molecule has 0 radical (unpaired) electrons. The van der Waals surface area contributed by atoms with E-state index >= 15 is 0 Å². The molecule has 5 nitrogen and oxygen atoms in total. The monoisotopic (exact) mass is 307 g/mol. The molecule has 3 atom stereocenters. The van der Waals surface area contributed by atoms with Crippen LogP contribution in [-0.4, -0.2) is 47.9 Å². The standard InChI is InChI=1S/C17H29N3O2/c1-2-4-16(21)20-8-3-5-12(11-20)17(22)19-15-9-13-6-7-14(10-15)18-13/h12-15,18H,2-11H2,1H3,(H,19,22). The van der Waals surface area contributed by atoms with E-state index in [2.05, 4.69) is 10.6 Å². The molecule has 5 heteroatoms. The van der Waals surface area contributed by atoms with E-state index in [1.807, 2.05) is 11.8 Å². The average Bonchev–Trinajstić information content (AvgIpc) is 2.86. The lowest BCUT2D eigenvalue weighted by atomic mass is 9.94. The van der Waals surface area contributed by atoms with Gasteiger partial charge in [0.25, 0.3) is 0 Å². The number of carbonyl (C=O) groups is 2. The molecule has 22 heavy (non-hydrogen) atoms. The van der Waals surface area contributed by atoms with Gasteiger partial charge in [-0.25, -0.2) is 0 Å². The van der Waals surface area contributed by atoms with Gasteiger partial charge < -0.3 is 15.5 Å². The van der Waals surface area contributed by atoms with Crippen molar-refractivity contribution in [2.24, 2.45) is 5.92 Å². The maximum absolute atomic E-state index is 12.6. The minimum atomic E-state index is -0.0119. The van der Waals surface area contributed by atoms with Gasteiger partial charge in [0.05, 0.1) is 5.92 Å². The number of amides is 2. The van der Waals surface area contributed by atoms with Crippen LogP contribution < -0.4 is 10.6 Å². The van der Waals surface area contributed by atoms with E-state index in [4.69, 9.17) is 0 Å². The second-order valence-corrected chi connectivity index (χ2v) is 7.24. The van der Waals surface area contributed by atoms with Crippen LogP contribution in [-0.2, 0) is 9.59 Å². The summed E-state index contributed by atoms with van der Waals surface area (Å²) in [6.07, 6.45) is 7.97. The first-order valence-electron chi connectivity index (χ1n) is 9.00. The molecule has 3 heterocycles. The average molecular weight is 307 g/mol. The number of carbonyl (C=O) groups excluding carboxylic acids is 2. The highest BCUT2D eigenvalue weighted by atomic mass is 16.2. The first-order valence-corrected chi connectivity index (χ1v) is 9.00. The number of rotatable bonds is 4. The number of likely N-dealkylation sites (tertiary alicyclic amines) is 1. The van der Waals surface area contributed by atoms with Gasteiger partial charge in [-0.15, -0.1) is 0 Å². The summed E-state index contributed by atoms with van der Waals surface area (Å²) in [4.78, 5) is 26.5. The minimum absolute atomic E-state index is 0.0119. The lowest BCUT2D eigenvalue weighted by Crippen LogP contribution is -2.51. The van der Waals surface area contributed by atoms with E-state index in [1.54, 1.807) is 0 Å². The van der Waals surface area contributed by atoms with Gasteiger partial charge in [-0.3, -0.25) is 9.59 Å². The molecule has 2 N–H and O–H groups in total. The van der Waals surface area contributed by atoms with Gasteiger partial charge in [0, 0.05) is 37.6 Å². The predicted octanol–water partition coefficient (Wildman–Crippen LogP) is 1.42. The van der Waals surface area contributed by atoms with Crippen molar-refractivity contribution >= 4 is 11.8 Å². The zero-order chi connectivity index (χ0) is 15.5. The number of fused-ring (bicyclic) bond motifs is 2. The Morgan fingerprint density at radius 2 is 1.91 bits per heavy atom. The van der Waals surface area contributed by atoms with Crippen LogP contribution in [0, 0.1) is 5.92 Å². The summed E-state index contributed by atoms with van der Waals surface area (Å²) in [5.74, 6) is 0.363. The molecule has 0 aromatic carbocycles. The van der Waals surface area contributed by atoms with Gasteiger partial charge in [-0.05, 0) is 44.9 Å². The van der Waals surface area contributed by atoms with Crippen LogP contribution in [0.2, 0.25) is 0 Å². The van der Waals surface area contributed by atoms with Crippen molar-refractivity contribution in [3.05, 3.63) is 0 Å². The number of hydrogen-bond acceptors (Lipinski definition) is 3. The SMILES string of the molecule is CCCC(=O)N1CCCC(C(=O)NC2CC3CCC(C2)N3)C1. The fraction of sp³-hybridized carbons (Fsp3) is 0.882. The van der Waals surface area contributed by atoms with Crippen LogP contribution in [0.3, 0.4) is 0 Å². The molecular weight excluding hydrogens is 278 g/mol. The maximum atomic E-state index is 12.6. The van der Waals surface area contributed by atoms with Gasteiger partial charge in [0.15, 0.2) is 0 Å². The molecule has 2 amide bonds. The smallest absolute Gasteiger partial charge is 0.225 e. The first-order chi connectivity index (χ1) is 10.7. The van der Waals surface area contributed by atoms with E-state index in [9.17, 15) is 9.59 Å². The Hall–Kier alpha value is -1.10. The molecule has 3 rings (SSSR count). The van der Waals surface area contributed by atoms with Crippen molar-refractivity contribution < 1.29 is 9.59 Å². The zero-order valence-electron chi connectivity index (χ0n) is 13.6. The number of nitrogens with zero attached hydrogens (tertiary/aromatic N) is 1. The molecule has 3 saturated heterocycles. The fourth-order valence-electron chi connectivity index (χ4n) is 4.28. The quantitative estimate of drug-likeness (QED) is 0.826. The Balaban J connectivity index is 1.50.